The maximum Gasteiger partial charge on any atom is 0.0403 e. The smallest absolute Gasteiger partial charge is 0.0403 e. The zero-order valence-corrected chi connectivity index (χ0v) is 6.91. The van der Waals surface area contributed by atoms with Crippen LogP contribution < -0.4 is 5.32 Å². The van der Waals surface area contributed by atoms with E-state index in [1.807, 2.05) is 7.05 Å². The standard InChI is InChI=1S/C8H12ClN/c1-4-8(9)5-7(2)6-10-3/h4-5,10H,1-2,6H2,3H3/b8-5+. The lowest BCUT2D eigenvalue weighted by Gasteiger charge is -1.96. The minimum atomic E-state index is 0.625. The van der Waals surface area contributed by atoms with Crippen molar-refractivity contribution in [1.82, 2.24) is 5.32 Å². The van der Waals surface area contributed by atoms with Crippen molar-refractivity contribution in [3.8, 4) is 0 Å². The van der Waals surface area contributed by atoms with Gasteiger partial charge in [-0.3, -0.25) is 0 Å². The van der Waals surface area contributed by atoms with Crippen molar-refractivity contribution in [2.75, 3.05) is 13.6 Å². The molecule has 0 saturated carbocycles. The van der Waals surface area contributed by atoms with E-state index in [-0.39, 0.29) is 0 Å². The van der Waals surface area contributed by atoms with E-state index >= 15 is 0 Å². The molecule has 10 heavy (non-hydrogen) atoms. The summed E-state index contributed by atoms with van der Waals surface area (Å²) < 4.78 is 0. The van der Waals surface area contributed by atoms with E-state index in [1.165, 1.54) is 0 Å². The third kappa shape index (κ3) is 4.36. The molecule has 0 aliphatic rings. The summed E-state index contributed by atoms with van der Waals surface area (Å²) in [6.45, 7) is 8.03. The van der Waals surface area contributed by atoms with Crippen molar-refractivity contribution in [2.24, 2.45) is 0 Å². The molecule has 1 nitrogen and oxygen atoms in total. The molecule has 0 aliphatic heterocycles. The molecule has 0 amide bonds. The van der Waals surface area contributed by atoms with Crippen molar-refractivity contribution in [2.45, 2.75) is 0 Å². The Morgan fingerprint density at radius 1 is 1.70 bits per heavy atom. The summed E-state index contributed by atoms with van der Waals surface area (Å²) in [6, 6.07) is 0. The Morgan fingerprint density at radius 3 is 2.70 bits per heavy atom. The highest BCUT2D eigenvalue weighted by Gasteiger charge is 1.87. The number of nitrogens with one attached hydrogen (secondary N) is 1. The van der Waals surface area contributed by atoms with Crippen molar-refractivity contribution >= 4 is 11.6 Å². The lowest BCUT2D eigenvalue weighted by Crippen LogP contribution is -2.08. The minimum absolute atomic E-state index is 0.625. The molecule has 0 atom stereocenters. The number of hydrogen-bond acceptors (Lipinski definition) is 1. The molecule has 56 valence electrons. The van der Waals surface area contributed by atoms with E-state index in [2.05, 4.69) is 18.5 Å². The Balaban J connectivity index is 3.86. The van der Waals surface area contributed by atoms with Gasteiger partial charge in [-0.1, -0.05) is 30.8 Å². The van der Waals surface area contributed by atoms with E-state index in [0.717, 1.165) is 12.1 Å². The van der Waals surface area contributed by atoms with Gasteiger partial charge in [0.25, 0.3) is 0 Å². The second-order valence-electron chi connectivity index (χ2n) is 1.92. The van der Waals surface area contributed by atoms with Gasteiger partial charge in [0.15, 0.2) is 0 Å². The van der Waals surface area contributed by atoms with Crippen molar-refractivity contribution in [3.05, 3.63) is 35.9 Å². The fourth-order valence-electron chi connectivity index (χ4n) is 0.532. The second-order valence-corrected chi connectivity index (χ2v) is 2.36. The lowest BCUT2D eigenvalue weighted by molar-refractivity contribution is 0.898. The predicted molar refractivity (Wildman–Crippen MR) is 47.2 cm³/mol. The minimum Gasteiger partial charge on any atom is -0.316 e. The summed E-state index contributed by atoms with van der Waals surface area (Å²) in [5.41, 5.74) is 0.951. The van der Waals surface area contributed by atoms with Gasteiger partial charge < -0.3 is 5.32 Å². The summed E-state index contributed by atoms with van der Waals surface area (Å²) in [6.07, 6.45) is 3.37. The van der Waals surface area contributed by atoms with Gasteiger partial charge in [-0.05, 0) is 18.7 Å². The Hall–Kier alpha value is -0.530. The fraction of sp³-hybridized carbons (Fsp3) is 0.250. The highest BCUT2D eigenvalue weighted by Crippen LogP contribution is 2.04. The van der Waals surface area contributed by atoms with Crippen LogP contribution in [0.1, 0.15) is 0 Å². The molecule has 0 heterocycles. The number of halogens is 1. The molecule has 0 spiro atoms. The first-order valence-corrected chi connectivity index (χ1v) is 3.40. The molecular weight excluding hydrogens is 146 g/mol. The van der Waals surface area contributed by atoms with E-state index in [1.54, 1.807) is 12.2 Å². The zero-order chi connectivity index (χ0) is 7.98. The zero-order valence-electron chi connectivity index (χ0n) is 6.15. The molecular formula is C8H12ClN. The van der Waals surface area contributed by atoms with E-state index in [0.29, 0.717) is 5.03 Å². The van der Waals surface area contributed by atoms with E-state index in [9.17, 15) is 0 Å². The van der Waals surface area contributed by atoms with Crippen molar-refractivity contribution in [3.63, 3.8) is 0 Å². The molecule has 2 heteroatoms. The molecule has 0 fully saturated rings. The molecule has 0 aromatic heterocycles. The van der Waals surface area contributed by atoms with Crippen LogP contribution in [0.5, 0.6) is 0 Å². The first-order valence-electron chi connectivity index (χ1n) is 3.02. The maximum absolute atomic E-state index is 5.65. The van der Waals surface area contributed by atoms with Gasteiger partial charge in [0, 0.05) is 11.6 Å². The molecule has 0 unspecified atom stereocenters. The van der Waals surface area contributed by atoms with Gasteiger partial charge in [0.1, 0.15) is 0 Å². The number of likely N-dealkylation sites (N-methyl/N-ethyl adjacent to an activating group) is 1. The van der Waals surface area contributed by atoms with Gasteiger partial charge in [-0.25, -0.2) is 0 Å². The van der Waals surface area contributed by atoms with Gasteiger partial charge in [-0.2, -0.15) is 0 Å². The van der Waals surface area contributed by atoms with Crippen LogP contribution in [0, 0.1) is 0 Å². The van der Waals surface area contributed by atoms with Crippen molar-refractivity contribution in [1.29, 1.82) is 0 Å². The van der Waals surface area contributed by atoms with Crippen LogP contribution in [0.2, 0.25) is 0 Å². The quantitative estimate of drug-likeness (QED) is 0.617. The highest BCUT2D eigenvalue weighted by atomic mass is 35.5. The molecule has 0 saturated heterocycles. The molecule has 1 N–H and O–H groups in total. The summed E-state index contributed by atoms with van der Waals surface area (Å²) in [5.74, 6) is 0. The summed E-state index contributed by atoms with van der Waals surface area (Å²) >= 11 is 5.65. The van der Waals surface area contributed by atoms with Crippen LogP contribution in [0.4, 0.5) is 0 Å². The molecule has 0 aromatic carbocycles. The van der Waals surface area contributed by atoms with Gasteiger partial charge in [0.05, 0.1) is 0 Å². The molecule has 0 aliphatic carbocycles. The normalized spacial score (nSPS) is 11.2. The lowest BCUT2D eigenvalue weighted by atomic mass is 10.3. The van der Waals surface area contributed by atoms with Crippen LogP contribution in [0.15, 0.2) is 35.9 Å². The van der Waals surface area contributed by atoms with Crippen LogP contribution in [-0.2, 0) is 0 Å². The molecule has 0 bridgehead atoms. The molecule has 0 rings (SSSR count). The van der Waals surface area contributed by atoms with Crippen molar-refractivity contribution < 1.29 is 0 Å². The molecule has 0 aromatic rings. The van der Waals surface area contributed by atoms with Crippen LogP contribution in [-0.4, -0.2) is 13.6 Å². The average molecular weight is 158 g/mol. The third-order valence-corrected chi connectivity index (χ3v) is 1.20. The van der Waals surface area contributed by atoms with E-state index in [4.69, 9.17) is 11.6 Å². The Morgan fingerprint density at radius 2 is 2.30 bits per heavy atom. The summed E-state index contributed by atoms with van der Waals surface area (Å²) in [7, 11) is 1.86. The maximum atomic E-state index is 5.65. The molecule has 0 radical (unpaired) electrons. The topological polar surface area (TPSA) is 12.0 Å². The monoisotopic (exact) mass is 157 g/mol. The van der Waals surface area contributed by atoms with Gasteiger partial charge in [-0.15, -0.1) is 0 Å². The fourth-order valence-corrected chi connectivity index (χ4v) is 0.686. The van der Waals surface area contributed by atoms with Crippen LogP contribution in [0.25, 0.3) is 0 Å². The van der Waals surface area contributed by atoms with Crippen LogP contribution in [0.3, 0.4) is 0 Å². The third-order valence-electron chi connectivity index (χ3n) is 0.941. The van der Waals surface area contributed by atoms with Gasteiger partial charge in [0.2, 0.25) is 0 Å². The predicted octanol–water partition coefficient (Wildman–Crippen LogP) is 2.07. The SMILES string of the molecule is C=C/C(Cl)=C\C(=C)CNC. The summed E-state index contributed by atoms with van der Waals surface area (Å²) in [4.78, 5) is 0. The Bertz CT molecular complexity index is 159. The second kappa shape index (κ2) is 5.27. The highest BCUT2D eigenvalue weighted by molar-refractivity contribution is 6.31. The van der Waals surface area contributed by atoms with E-state index < -0.39 is 0 Å². The number of rotatable bonds is 4. The largest absolute Gasteiger partial charge is 0.316 e. The van der Waals surface area contributed by atoms with Gasteiger partial charge >= 0.3 is 0 Å². The average Bonchev–Trinajstić information content (AvgIpc) is 1.88. The number of allylic oxidation sites excluding steroid dienone is 2. The summed E-state index contributed by atoms with van der Waals surface area (Å²) in [5, 5.41) is 3.59. The number of hydrogen-bond donors (Lipinski definition) is 1. The first-order chi connectivity index (χ1) is 4.70. The van der Waals surface area contributed by atoms with Crippen LogP contribution >= 0.6 is 11.6 Å². The Kier molecular flexibility index (Phi) is 4.99. The first kappa shape index (κ1) is 9.47. The Labute approximate surface area is 67.1 Å².